The zero-order valence-corrected chi connectivity index (χ0v) is 9.62. The van der Waals surface area contributed by atoms with Crippen molar-refractivity contribution in [2.75, 3.05) is 13.2 Å². The first-order valence-electron chi connectivity index (χ1n) is 5.78. The van der Waals surface area contributed by atoms with E-state index in [2.05, 4.69) is 6.92 Å². The lowest BCUT2D eigenvalue weighted by Crippen LogP contribution is -2.31. The molecular weight excluding hydrogens is 192 g/mol. The van der Waals surface area contributed by atoms with Gasteiger partial charge in [-0.2, -0.15) is 0 Å². The van der Waals surface area contributed by atoms with Crippen LogP contribution in [-0.2, 0) is 14.3 Å². The van der Waals surface area contributed by atoms with E-state index in [1.54, 1.807) is 0 Å². The van der Waals surface area contributed by atoms with Crippen molar-refractivity contribution in [2.24, 2.45) is 11.8 Å². The summed E-state index contributed by atoms with van der Waals surface area (Å²) in [7, 11) is 0. The van der Waals surface area contributed by atoms with Gasteiger partial charge in [-0.1, -0.05) is 6.92 Å². The van der Waals surface area contributed by atoms with E-state index in [0.29, 0.717) is 32.0 Å². The Morgan fingerprint density at radius 3 is 2.93 bits per heavy atom. The van der Waals surface area contributed by atoms with Crippen LogP contribution in [-0.4, -0.2) is 24.8 Å². The van der Waals surface area contributed by atoms with Gasteiger partial charge < -0.3 is 4.74 Å². The third kappa shape index (κ3) is 3.74. The lowest BCUT2D eigenvalue weighted by molar-refractivity contribution is -0.135. The third-order valence-corrected chi connectivity index (χ3v) is 3.00. The Hall–Kier alpha value is -0.700. The number of carbonyl (C=O) groups excluding carboxylic acids is 2. The zero-order valence-electron chi connectivity index (χ0n) is 9.62. The molecule has 15 heavy (non-hydrogen) atoms. The van der Waals surface area contributed by atoms with Gasteiger partial charge in [0.1, 0.15) is 11.6 Å². The molecule has 0 aromatic carbocycles. The highest BCUT2D eigenvalue weighted by atomic mass is 16.5. The number of ketones is 2. The van der Waals surface area contributed by atoms with Crippen molar-refractivity contribution in [1.82, 2.24) is 0 Å². The first-order valence-corrected chi connectivity index (χ1v) is 5.78. The second kappa shape index (κ2) is 6.01. The van der Waals surface area contributed by atoms with Crippen LogP contribution < -0.4 is 0 Å². The van der Waals surface area contributed by atoms with Crippen LogP contribution in [0, 0.1) is 11.8 Å². The Morgan fingerprint density at radius 1 is 1.53 bits per heavy atom. The van der Waals surface area contributed by atoms with Crippen molar-refractivity contribution in [3.8, 4) is 0 Å². The minimum atomic E-state index is -0.339. The fourth-order valence-corrected chi connectivity index (χ4v) is 2.02. The summed E-state index contributed by atoms with van der Waals surface area (Å²) in [6, 6.07) is 0. The fraction of sp³-hybridized carbons (Fsp3) is 0.833. The second-order valence-corrected chi connectivity index (χ2v) is 4.31. The number of Topliss-reactive ketones (excluding diaryl/α,β-unsaturated/α-hetero) is 2. The Kier molecular flexibility index (Phi) is 4.95. The van der Waals surface area contributed by atoms with Gasteiger partial charge in [-0.05, 0) is 25.7 Å². The normalized spacial score (nSPS) is 26.7. The van der Waals surface area contributed by atoms with Crippen LogP contribution in [0.4, 0.5) is 0 Å². The van der Waals surface area contributed by atoms with Gasteiger partial charge in [0.2, 0.25) is 0 Å². The molecule has 0 N–H and O–H groups in total. The summed E-state index contributed by atoms with van der Waals surface area (Å²) < 4.78 is 5.12. The molecule has 1 rings (SSSR count). The Balaban J connectivity index is 2.39. The molecule has 0 radical (unpaired) electrons. The van der Waals surface area contributed by atoms with E-state index in [9.17, 15) is 9.59 Å². The molecule has 1 saturated carbocycles. The van der Waals surface area contributed by atoms with E-state index >= 15 is 0 Å². The molecule has 0 spiro atoms. The Labute approximate surface area is 91.2 Å². The maximum Gasteiger partial charge on any atom is 0.145 e. The second-order valence-electron chi connectivity index (χ2n) is 4.31. The molecule has 0 amide bonds. The summed E-state index contributed by atoms with van der Waals surface area (Å²) in [5.41, 5.74) is 0. The average molecular weight is 212 g/mol. The molecule has 0 aromatic heterocycles. The van der Waals surface area contributed by atoms with Crippen molar-refractivity contribution in [3.05, 3.63) is 0 Å². The molecule has 0 heterocycles. The van der Waals surface area contributed by atoms with Crippen molar-refractivity contribution >= 4 is 11.6 Å². The SMILES string of the molecule is CCOCCC(=O)C1CC(C)CCC1=O. The van der Waals surface area contributed by atoms with Gasteiger partial charge in [-0.3, -0.25) is 9.59 Å². The smallest absolute Gasteiger partial charge is 0.145 e. The summed E-state index contributed by atoms with van der Waals surface area (Å²) in [6.45, 7) is 5.09. The third-order valence-electron chi connectivity index (χ3n) is 3.00. The van der Waals surface area contributed by atoms with Gasteiger partial charge >= 0.3 is 0 Å². The van der Waals surface area contributed by atoms with Crippen LogP contribution in [0.1, 0.15) is 39.5 Å². The van der Waals surface area contributed by atoms with E-state index in [1.807, 2.05) is 6.92 Å². The fourth-order valence-electron chi connectivity index (χ4n) is 2.02. The number of ether oxygens (including phenoxy) is 1. The van der Waals surface area contributed by atoms with Crippen LogP contribution in [0.2, 0.25) is 0 Å². The first-order chi connectivity index (χ1) is 7.15. The molecule has 1 aliphatic carbocycles. The molecule has 0 saturated heterocycles. The molecular formula is C12H20O3. The van der Waals surface area contributed by atoms with Crippen LogP contribution in [0.25, 0.3) is 0 Å². The predicted octanol–water partition coefficient (Wildman–Crippen LogP) is 1.99. The maximum absolute atomic E-state index is 11.7. The Bertz CT molecular complexity index is 235. The summed E-state index contributed by atoms with van der Waals surface area (Å²) >= 11 is 0. The summed E-state index contributed by atoms with van der Waals surface area (Å²) in [5, 5.41) is 0. The molecule has 1 aliphatic rings. The van der Waals surface area contributed by atoms with Gasteiger partial charge in [0.25, 0.3) is 0 Å². The molecule has 2 atom stereocenters. The molecule has 3 nitrogen and oxygen atoms in total. The molecule has 2 unspecified atom stereocenters. The number of rotatable bonds is 5. The van der Waals surface area contributed by atoms with Gasteiger partial charge in [0.15, 0.2) is 0 Å². The maximum atomic E-state index is 11.7. The lowest BCUT2D eigenvalue weighted by atomic mass is 9.79. The van der Waals surface area contributed by atoms with E-state index in [1.165, 1.54) is 0 Å². The molecule has 86 valence electrons. The zero-order chi connectivity index (χ0) is 11.3. The van der Waals surface area contributed by atoms with Gasteiger partial charge in [-0.25, -0.2) is 0 Å². The highest BCUT2D eigenvalue weighted by Crippen LogP contribution is 2.27. The monoisotopic (exact) mass is 212 g/mol. The standard InChI is InChI=1S/C12H20O3/c1-3-15-7-6-12(14)10-8-9(2)4-5-11(10)13/h9-10H,3-8H2,1-2H3. The van der Waals surface area contributed by atoms with Crippen LogP contribution in [0.5, 0.6) is 0 Å². The van der Waals surface area contributed by atoms with E-state index in [-0.39, 0.29) is 17.5 Å². The predicted molar refractivity (Wildman–Crippen MR) is 57.6 cm³/mol. The van der Waals surface area contributed by atoms with Crippen molar-refractivity contribution in [3.63, 3.8) is 0 Å². The lowest BCUT2D eigenvalue weighted by Gasteiger charge is -2.24. The largest absolute Gasteiger partial charge is 0.381 e. The number of hydrogen-bond donors (Lipinski definition) is 0. The first kappa shape index (κ1) is 12.4. The van der Waals surface area contributed by atoms with Gasteiger partial charge in [0.05, 0.1) is 12.5 Å². The molecule has 0 bridgehead atoms. The number of hydrogen-bond acceptors (Lipinski definition) is 3. The molecule has 0 aliphatic heterocycles. The molecule has 3 heteroatoms. The van der Waals surface area contributed by atoms with E-state index < -0.39 is 0 Å². The minimum absolute atomic E-state index is 0.0694. The molecule has 1 fully saturated rings. The van der Waals surface area contributed by atoms with Crippen LogP contribution in [0.3, 0.4) is 0 Å². The minimum Gasteiger partial charge on any atom is -0.381 e. The summed E-state index contributed by atoms with van der Waals surface area (Å²) in [6.07, 6.45) is 2.64. The quantitative estimate of drug-likeness (QED) is 0.517. The molecule has 0 aromatic rings. The highest BCUT2D eigenvalue weighted by molar-refractivity contribution is 6.02. The topological polar surface area (TPSA) is 43.4 Å². The van der Waals surface area contributed by atoms with E-state index in [0.717, 1.165) is 12.8 Å². The summed E-state index contributed by atoms with van der Waals surface area (Å²) in [5.74, 6) is 0.368. The van der Waals surface area contributed by atoms with E-state index in [4.69, 9.17) is 4.74 Å². The van der Waals surface area contributed by atoms with Crippen LogP contribution in [0.15, 0.2) is 0 Å². The number of carbonyl (C=O) groups is 2. The van der Waals surface area contributed by atoms with Crippen molar-refractivity contribution in [1.29, 1.82) is 0 Å². The van der Waals surface area contributed by atoms with Gasteiger partial charge in [-0.15, -0.1) is 0 Å². The van der Waals surface area contributed by atoms with Crippen molar-refractivity contribution < 1.29 is 14.3 Å². The van der Waals surface area contributed by atoms with Gasteiger partial charge in [0, 0.05) is 19.4 Å². The average Bonchev–Trinajstić information content (AvgIpc) is 2.22. The van der Waals surface area contributed by atoms with Crippen LogP contribution >= 0.6 is 0 Å². The van der Waals surface area contributed by atoms with Crippen molar-refractivity contribution in [2.45, 2.75) is 39.5 Å². The Morgan fingerprint density at radius 2 is 2.27 bits per heavy atom. The highest BCUT2D eigenvalue weighted by Gasteiger charge is 2.31. The summed E-state index contributed by atoms with van der Waals surface area (Å²) in [4.78, 5) is 23.3.